The number of alkyl carbamates (subject to hydrolysis) is 1. The fourth-order valence-electron chi connectivity index (χ4n) is 1.09. The molecular weight excluding hydrogens is 242 g/mol. The van der Waals surface area contributed by atoms with Gasteiger partial charge in [0.05, 0.1) is 5.92 Å². The van der Waals surface area contributed by atoms with Crippen LogP contribution in [0.5, 0.6) is 0 Å². The van der Waals surface area contributed by atoms with Gasteiger partial charge >= 0.3 is 12.1 Å². The Balaban J connectivity index is 4.04. The molecule has 17 heavy (non-hydrogen) atoms. The number of thioether (sulfide) groups is 1. The largest absolute Gasteiger partial charge is 0.481 e. The van der Waals surface area contributed by atoms with Crippen LogP contribution in [0.4, 0.5) is 4.79 Å². The van der Waals surface area contributed by atoms with Gasteiger partial charge in [0.25, 0.3) is 0 Å². The molecule has 0 spiro atoms. The lowest BCUT2D eigenvalue weighted by molar-refractivity contribution is -0.141. The van der Waals surface area contributed by atoms with Gasteiger partial charge in [0.15, 0.2) is 0 Å². The van der Waals surface area contributed by atoms with E-state index in [9.17, 15) is 9.59 Å². The van der Waals surface area contributed by atoms with Crippen molar-refractivity contribution < 1.29 is 19.4 Å². The summed E-state index contributed by atoms with van der Waals surface area (Å²) in [7, 11) is 0. The Hall–Kier alpha value is -0.910. The minimum Gasteiger partial charge on any atom is -0.481 e. The molecule has 0 aromatic carbocycles. The minimum atomic E-state index is -0.893. The third-order valence-electron chi connectivity index (χ3n) is 1.91. The van der Waals surface area contributed by atoms with E-state index in [2.05, 4.69) is 5.32 Å². The van der Waals surface area contributed by atoms with Crippen molar-refractivity contribution in [3.8, 4) is 0 Å². The Morgan fingerprint density at radius 1 is 1.41 bits per heavy atom. The molecule has 100 valence electrons. The van der Waals surface area contributed by atoms with Crippen molar-refractivity contribution in [1.82, 2.24) is 5.32 Å². The Labute approximate surface area is 106 Å². The van der Waals surface area contributed by atoms with E-state index < -0.39 is 23.6 Å². The number of carbonyl (C=O) groups is 2. The van der Waals surface area contributed by atoms with E-state index in [1.807, 2.05) is 6.26 Å². The monoisotopic (exact) mass is 263 g/mol. The smallest absolute Gasteiger partial charge is 0.407 e. The first-order valence-electron chi connectivity index (χ1n) is 5.45. The van der Waals surface area contributed by atoms with Gasteiger partial charge in [-0.3, -0.25) is 4.79 Å². The van der Waals surface area contributed by atoms with Gasteiger partial charge in [-0.15, -0.1) is 0 Å². The molecule has 0 rings (SSSR count). The topological polar surface area (TPSA) is 75.6 Å². The summed E-state index contributed by atoms with van der Waals surface area (Å²) >= 11 is 1.58. The first kappa shape index (κ1) is 16.1. The van der Waals surface area contributed by atoms with Gasteiger partial charge in [0.1, 0.15) is 5.60 Å². The molecule has 1 atom stereocenters. The van der Waals surface area contributed by atoms with Crippen LogP contribution in [-0.4, -0.2) is 41.3 Å². The van der Waals surface area contributed by atoms with Crippen molar-refractivity contribution >= 4 is 23.8 Å². The summed E-state index contributed by atoms with van der Waals surface area (Å²) in [5.41, 5.74) is -0.567. The Bertz CT molecular complexity index is 263. The van der Waals surface area contributed by atoms with Crippen molar-refractivity contribution in [2.45, 2.75) is 32.8 Å². The number of carboxylic acids is 1. The number of carbonyl (C=O) groups excluding carboxylic acids is 1. The molecule has 0 aromatic heterocycles. The van der Waals surface area contributed by atoms with E-state index in [1.165, 1.54) is 0 Å². The van der Waals surface area contributed by atoms with Crippen LogP contribution in [0, 0.1) is 5.92 Å². The predicted octanol–water partition coefficient (Wildman–Crippen LogP) is 1.97. The Morgan fingerprint density at radius 2 is 2.00 bits per heavy atom. The molecule has 0 saturated carbocycles. The summed E-state index contributed by atoms with van der Waals surface area (Å²) in [6.45, 7) is 5.38. The molecule has 0 unspecified atom stereocenters. The molecule has 0 aromatic rings. The van der Waals surface area contributed by atoms with E-state index in [0.717, 1.165) is 5.75 Å². The summed E-state index contributed by atoms with van der Waals surface area (Å²) in [4.78, 5) is 22.2. The van der Waals surface area contributed by atoms with Crippen LogP contribution in [0.15, 0.2) is 0 Å². The van der Waals surface area contributed by atoms with Crippen LogP contribution in [0.25, 0.3) is 0 Å². The van der Waals surface area contributed by atoms with Crippen LogP contribution < -0.4 is 5.32 Å². The highest BCUT2D eigenvalue weighted by Crippen LogP contribution is 2.09. The number of ether oxygens (including phenoxy) is 1. The average molecular weight is 263 g/mol. The molecule has 0 aliphatic heterocycles. The van der Waals surface area contributed by atoms with Crippen molar-refractivity contribution in [2.24, 2.45) is 5.92 Å². The highest BCUT2D eigenvalue weighted by atomic mass is 32.2. The SMILES string of the molecule is CSCC[C@@H](CNC(=O)OC(C)(C)C)C(=O)O. The van der Waals surface area contributed by atoms with E-state index in [4.69, 9.17) is 9.84 Å². The molecular formula is C11H21NO4S. The lowest BCUT2D eigenvalue weighted by Gasteiger charge is -2.20. The number of nitrogens with one attached hydrogen (secondary N) is 1. The average Bonchev–Trinajstić information content (AvgIpc) is 2.14. The van der Waals surface area contributed by atoms with E-state index >= 15 is 0 Å². The summed E-state index contributed by atoms with van der Waals surface area (Å²) in [6, 6.07) is 0. The molecule has 6 heteroatoms. The van der Waals surface area contributed by atoms with Crippen molar-refractivity contribution in [1.29, 1.82) is 0 Å². The first-order valence-corrected chi connectivity index (χ1v) is 6.84. The van der Waals surface area contributed by atoms with Gasteiger partial charge in [-0.05, 0) is 39.2 Å². The Kier molecular flexibility index (Phi) is 7.03. The van der Waals surface area contributed by atoms with Gasteiger partial charge < -0.3 is 15.2 Å². The second kappa shape index (κ2) is 7.42. The maximum Gasteiger partial charge on any atom is 0.407 e. The highest BCUT2D eigenvalue weighted by Gasteiger charge is 2.20. The zero-order valence-corrected chi connectivity index (χ0v) is 11.6. The summed E-state index contributed by atoms with van der Waals surface area (Å²) < 4.78 is 5.02. The summed E-state index contributed by atoms with van der Waals surface area (Å²) in [6.07, 6.45) is 1.87. The molecule has 1 amide bonds. The third kappa shape index (κ3) is 8.85. The van der Waals surface area contributed by atoms with Crippen LogP contribution in [0.2, 0.25) is 0 Å². The molecule has 2 N–H and O–H groups in total. The normalized spacial score (nSPS) is 12.9. The van der Waals surface area contributed by atoms with Gasteiger partial charge in [-0.1, -0.05) is 0 Å². The first-order chi connectivity index (χ1) is 7.76. The molecule has 0 heterocycles. The van der Waals surface area contributed by atoms with Crippen molar-refractivity contribution in [2.75, 3.05) is 18.6 Å². The van der Waals surface area contributed by atoms with Crippen LogP contribution in [0.3, 0.4) is 0 Å². The van der Waals surface area contributed by atoms with E-state index in [1.54, 1.807) is 32.5 Å². The van der Waals surface area contributed by atoms with Gasteiger partial charge in [0.2, 0.25) is 0 Å². The Morgan fingerprint density at radius 3 is 2.41 bits per heavy atom. The predicted molar refractivity (Wildman–Crippen MR) is 68.4 cm³/mol. The molecule has 0 bridgehead atoms. The zero-order valence-electron chi connectivity index (χ0n) is 10.8. The maximum absolute atomic E-state index is 11.3. The zero-order chi connectivity index (χ0) is 13.5. The standard InChI is InChI=1S/C11H21NO4S/c1-11(2,3)16-10(15)12-7-8(9(13)14)5-6-17-4/h8H,5-7H2,1-4H3,(H,12,15)(H,13,14)/t8-/m0/s1. The third-order valence-corrected chi connectivity index (χ3v) is 2.56. The van der Waals surface area contributed by atoms with E-state index in [-0.39, 0.29) is 6.54 Å². The highest BCUT2D eigenvalue weighted by molar-refractivity contribution is 7.98. The number of hydrogen-bond acceptors (Lipinski definition) is 4. The van der Waals surface area contributed by atoms with Crippen molar-refractivity contribution in [3.63, 3.8) is 0 Å². The van der Waals surface area contributed by atoms with E-state index in [0.29, 0.717) is 6.42 Å². The minimum absolute atomic E-state index is 0.102. The number of amides is 1. The molecule has 0 radical (unpaired) electrons. The van der Waals surface area contributed by atoms with Crippen molar-refractivity contribution in [3.05, 3.63) is 0 Å². The van der Waals surface area contributed by atoms with Crippen LogP contribution >= 0.6 is 11.8 Å². The molecule has 0 saturated heterocycles. The van der Waals surface area contributed by atoms with Gasteiger partial charge in [0, 0.05) is 6.54 Å². The fourth-order valence-corrected chi connectivity index (χ4v) is 1.61. The summed E-state index contributed by atoms with van der Waals surface area (Å²) in [5, 5.41) is 11.4. The second-order valence-corrected chi connectivity index (χ2v) is 5.69. The maximum atomic E-state index is 11.3. The second-order valence-electron chi connectivity index (χ2n) is 4.70. The molecule has 0 aliphatic carbocycles. The van der Waals surface area contributed by atoms with Gasteiger partial charge in [-0.25, -0.2) is 4.79 Å². The molecule has 0 aliphatic rings. The molecule has 5 nitrogen and oxygen atoms in total. The lowest BCUT2D eigenvalue weighted by Crippen LogP contribution is -2.37. The summed E-state index contributed by atoms with van der Waals surface area (Å²) in [5.74, 6) is -0.697. The molecule has 0 fully saturated rings. The number of hydrogen-bond donors (Lipinski definition) is 2. The van der Waals surface area contributed by atoms with Crippen LogP contribution in [-0.2, 0) is 9.53 Å². The number of carboxylic acid groups (broad SMARTS) is 1. The van der Waals surface area contributed by atoms with Crippen LogP contribution in [0.1, 0.15) is 27.2 Å². The number of aliphatic carboxylic acids is 1. The quantitative estimate of drug-likeness (QED) is 0.766. The fraction of sp³-hybridized carbons (Fsp3) is 0.818. The lowest BCUT2D eigenvalue weighted by atomic mass is 10.1. The number of rotatable bonds is 6. The van der Waals surface area contributed by atoms with Gasteiger partial charge in [-0.2, -0.15) is 11.8 Å².